The monoisotopic (exact) mass is 624 g/mol. The number of rotatable bonds is 9. The van der Waals surface area contributed by atoms with Gasteiger partial charge in [-0.15, -0.1) is 11.3 Å². The molecule has 1 aliphatic heterocycles. The SMILES string of the molecule is CC.CC.CN1CCCC1C=O.CNCc1ccc(-c2scnc2C)cc1.CSC(C)(C)C(C=O)NC(=O)C1(F)CC1. The van der Waals surface area contributed by atoms with Crippen molar-refractivity contribution in [3.8, 4) is 10.4 Å². The lowest BCUT2D eigenvalue weighted by Crippen LogP contribution is -2.51. The molecule has 238 valence electrons. The number of carbonyl (C=O) groups is 3. The molecule has 4 rings (SSSR count). The fourth-order valence-corrected chi connectivity index (χ4v) is 4.95. The molecule has 1 saturated carbocycles. The average molecular weight is 625 g/mol. The summed E-state index contributed by atoms with van der Waals surface area (Å²) in [5.74, 6) is -0.651. The smallest absolute Gasteiger partial charge is 0.258 e. The molecule has 1 aliphatic carbocycles. The number of benzene rings is 1. The molecule has 1 aromatic carbocycles. The quantitative estimate of drug-likeness (QED) is 0.309. The van der Waals surface area contributed by atoms with Gasteiger partial charge in [-0.3, -0.25) is 9.69 Å². The van der Waals surface area contributed by atoms with E-state index in [0.29, 0.717) is 6.29 Å². The molecule has 10 heteroatoms. The van der Waals surface area contributed by atoms with Crippen LogP contribution < -0.4 is 10.6 Å². The first-order valence-electron chi connectivity index (χ1n) is 14.8. The lowest BCUT2D eigenvalue weighted by Gasteiger charge is -2.29. The van der Waals surface area contributed by atoms with Crippen LogP contribution in [0.2, 0.25) is 0 Å². The van der Waals surface area contributed by atoms with Crippen LogP contribution in [0.5, 0.6) is 0 Å². The van der Waals surface area contributed by atoms with Crippen molar-refractivity contribution >= 4 is 41.6 Å². The van der Waals surface area contributed by atoms with Gasteiger partial charge in [-0.25, -0.2) is 9.37 Å². The number of amides is 1. The highest BCUT2D eigenvalue weighted by molar-refractivity contribution is 8.00. The summed E-state index contributed by atoms with van der Waals surface area (Å²) in [6, 6.07) is 8.21. The minimum absolute atomic E-state index is 0.218. The number of thioether (sulfide) groups is 1. The van der Waals surface area contributed by atoms with Gasteiger partial charge in [0.1, 0.15) is 12.6 Å². The van der Waals surface area contributed by atoms with Crippen molar-refractivity contribution in [1.29, 1.82) is 0 Å². The van der Waals surface area contributed by atoms with Gasteiger partial charge in [-0.05, 0) is 84.5 Å². The minimum Gasteiger partial charge on any atom is -0.342 e. The third kappa shape index (κ3) is 13.0. The van der Waals surface area contributed by atoms with E-state index >= 15 is 0 Å². The van der Waals surface area contributed by atoms with Gasteiger partial charge in [0, 0.05) is 11.3 Å². The summed E-state index contributed by atoms with van der Waals surface area (Å²) in [4.78, 5) is 40.0. The predicted molar refractivity (Wildman–Crippen MR) is 178 cm³/mol. The Kier molecular flexibility index (Phi) is 19.7. The van der Waals surface area contributed by atoms with Crippen LogP contribution in [0, 0.1) is 6.92 Å². The number of halogens is 1. The van der Waals surface area contributed by atoms with E-state index in [-0.39, 0.29) is 18.9 Å². The van der Waals surface area contributed by atoms with Crippen LogP contribution in [0.1, 0.15) is 78.5 Å². The van der Waals surface area contributed by atoms with Gasteiger partial charge in [0.2, 0.25) is 0 Å². The maximum absolute atomic E-state index is 13.3. The standard InChI is InChI=1S/C12H14N2S.C10H16FNO2S.C6H11NO.2C2H6/c1-9-12(15-8-14-9)11-5-3-10(4-6-11)7-13-2;1-9(2,15-3)7(6-13)12-8(14)10(11)4-5-10;1-7-4-2-3-6(7)5-8;2*1-2/h3-6,8,13H,7H2,1-2H3;6-7H,4-5H2,1-3H3,(H,12,14);5-6H,2-4H2,1H3;2*1-2H3. The van der Waals surface area contributed by atoms with E-state index in [4.69, 9.17) is 0 Å². The topological polar surface area (TPSA) is 91.4 Å². The first-order chi connectivity index (χ1) is 20.0. The number of aldehydes is 2. The van der Waals surface area contributed by atoms with Crippen molar-refractivity contribution < 1.29 is 18.8 Å². The number of aromatic nitrogens is 1. The molecule has 0 spiro atoms. The average Bonchev–Trinajstić information content (AvgIpc) is 3.40. The number of thiazole rings is 1. The first-order valence-corrected chi connectivity index (χ1v) is 16.9. The molecule has 0 radical (unpaired) electrons. The summed E-state index contributed by atoms with van der Waals surface area (Å²) < 4.78 is 12.9. The van der Waals surface area contributed by atoms with Gasteiger partial charge in [0.15, 0.2) is 5.67 Å². The van der Waals surface area contributed by atoms with Crippen molar-refractivity contribution in [3.05, 3.63) is 41.0 Å². The Labute approximate surface area is 261 Å². The number of aryl methyl sites for hydroxylation is 1. The van der Waals surface area contributed by atoms with E-state index in [1.165, 1.54) is 34.2 Å². The molecule has 42 heavy (non-hydrogen) atoms. The Bertz CT molecular complexity index is 1040. The molecule has 2 atom stereocenters. The molecule has 7 nitrogen and oxygen atoms in total. The van der Waals surface area contributed by atoms with Crippen LogP contribution in [-0.4, -0.2) is 77.8 Å². The van der Waals surface area contributed by atoms with Crippen LogP contribution in [0.15, 0.2) is 29.8 Å². The minimum atomic E-state index is -1.71. The van der Waals surface area contributed by atoms with E-state index in [1.54, 1.807) is 11.3 Å². The number of likely N-dealkylation sites (N-methyl/N-ethyl adjacent to an activating group) is 1. The van der Waals surface area contributed by atoms with Gasteiger partial charge in [-0.1, -0.05) is 52.0 Å². The Morgan fingerprint density at radius 3 is 2.17 bits per heavy atom. The maximum atomic E-state index is 13.3. The molecular weight excluding hydrogens is 572 g/mol. The second-order valence-electron chi connectivity index (χ2n) is 10.2. The van der Waals surface area contributed by atoms with Gasteiger partial charge in [-0.2, -0.15) is 11.8 Å². The zero-order valence-corrected chi connectivity index (χ0v) is 28.9. The number of likely N-dealkylation sites (tertiary alicyclic amines) is 1. The summed E-state index contributed by atoms with van der Waals surface area (Å²) in [6.45, 7) is 15.7. The molecular formula is C32H53FN4O3S2. The Hall–Kier alpha value is -2.14. The highest BCUT2D eigenvalue weighted by Crippen LogP contribution is 2.40. The van der Waals surface area contributed by atoms with Crippen molar-refractivity contribution in [3.63, 3.8) is 0 Å². The van der Waals surface area contributed by atoms with Crippen LogP contribution in [0.3, 0.4) is 0 Å². The molecule has 1 saturated heterocycles. The largest absolute Gasteiger partial charge is 0.342 e. The van der Waals surface area contributed by atoms with Crippen LogP contribution in [-0.2, 0) is 20.9 Å². The molecule has 1 amide bonds. The van der Waals surface area contributed by atoms with Gasteiger partial charge >= 0.3 is 0 Å². The number of hydrogen-bond donors (Lipinski definition) is 2. The summed E-state index contributed by atoms with van der Waals surface area (Å²) in [5, 5.41) is 5.60. The summed E-state index contributed by atoms with van der Waals surface area (Å²) in [6.07, 6.45) is 6.33. The van der Waals surface area contributed by atoms with Crippen LogP contribution >= 0.6 is 23.1 Å². The number of alkyl halides is 1. The van der Waals surface area contributed by atoms with Gasteiger partial charge < -0.3 is 20.2 Å². The van der Waals surface area contributed by atoms with Gasteiger partial charge in [0.05, 0.1) is 28.2 Å². The number of nitrogens with zero attached hydrogens (tertiary/aromatic N) is 2. The molecule has 2 aliphatic rings. The van der Waals surface area contributed by atoms with Crippen molar-refractivity contribution in [1.82, 2.24) is 20.5 Å². The van der Waals surface area contributed by atoms with E-state index in [9.17, 15) is 18.8 Å². The second-order valence-corrected chi connectivity index (χ2v) is 12.5. The fraction of sp³-hybridized carbons (Fsp3) is 0.625. The van der Waals surface area contributed by atoms with Crippen molar-refractivity contribution in [2.24, 2.45) is 0 Å². The lowest BCUT2D eigenvalue weighted by atomic mass is 10.0. The third-order valence-corrected chi connectivity index (χ3v) is 9.15. The molecule has 1 aromatic heterocycles. The lowest BCUT2D eigenvalue weighted by molar-refractivity contribution is -0.130. The van der Waals surface area contributed by atoms with E-state index < -0.39 is 22.4 Å². The maximum Gasteiger partial charge on any atom is 0.258 e. The van der Waals surface area contributed by atoms with E-state index in [2.05, 4.69) is 44.8 Å². The molecule has 2 N–H and O–H groups in total. The summed E-state index contributed by atoms with van der Waals surface area (Å²) in [5.41, 5.74) is 3.86. The second kappa shape index (κ2) is 20.7. The van der Waals surface area contributed by atoms with Gasteiger partial charge in [0.25, 0.3) is 5.91 Å². The zero-order chi connectivity index (χ0) is 32.3. The molecule has 2 heterocycles. The zero-order valence-electron chi connectivity index (χ0n) is 27.3. The first kappa shape index (κ1) is 39.9. The summed E-state index contributed by atoms with van der Waals surface area (Å²) >= 11 is 3.16. The van der Waals surface area contributed by atoms with Crippen molar-refractivity contribution in [2.75, 3.05) is 26.9 Å². The van der Waals surface area contributed by atoms with Crippen LogP contribution in [0.25, 0.3) is 10.4 Å². The third-order valence-electron chi connectivity index (χ3n) is 6.87. The van der Waals surface area contributed by atoms with E-state index in [0.717, 1.165) is 31.5 Å². The number of hydrogen-bond acceptors (Lipinski definition) is 8. The molecule has 0 bridgehead atoms. The molecule has 2 fully saturated rings. The molecule has 2 unspecified atom stereocenters. The van der Waals surface area contributed by atoms with E-state index in [1.807, 2.05) is 74.3 Å². The fourth-order valence-electron chi connectivity index (χ4n) is 3.77. The predicted octanol–water partition coefficient (Wildman–Crippen LogP) is 6.48. The van der Waals surface area contributed by atoms with Crippen molar-refractivity contribution in [2.45, 2.75) is 103 Å². The normalized spacial score (nSPS) is 17.3. The highest BCUT2D eigenvalue weighted by atomic mass is 32.2. The van der Waals surface area contributed by atoms with Crippen LogP contribution in [0.4, 0.5) is 4.39 Å². The Morgan fingerprint density at radius 1 is 1.21 bits per heavy atom. The number of nitrogens with one attached hydrogen (secondary N) is 2. The highest BCUT2D eigenvalue weighted by Gasteiger charge is 2.52. The Balaban J connectivity index is 0.000000588. The molecule has 2 aromatic rings. The Morgan fingerprint density at radius 2 is 1.81 bits per heavy atom. The summed E-state index contributed by atoms with van der Waals surface area (Å²) in [7, 11) is 3.95. The number of carbonyl (C=O) groups excluding carboxylic acids is 3.